The molecule has 6 N–H and O–H groups in total. The number of aliphatic carboxylic acids is 1. The van der Waals surface area contributed by atoms with Crippen LogP contribution in [0.4, 0.5) is 34.1 Å². The molecule has 0 saturated carbocycles. The Balaban J connectivity index is 0.956. The lowest BCUT2D eigenvalue weighted by atomic mass is 10.1. The molecule has 14 nitrogen and oxygen atoms in total. The second-order valence-corrected chi connectivity index (χ2v) is 21.1. The fourth-order valence-electron chi connectivity index (χ4n) is 9.81. The summed E-state index contributed by atoms with van der Waals surface area (Å²) >= 11 is 3.05. The number of fused-ring (bicyclic) bond motifs is 20. The van der Waals surface area contributed by atoms with Crippen LogP contribution in [0.15, 0.2) is 194 Å². The first-order valence-electron chi connectivity index (χ1n) is 25.4. The monoisotopic (exact) mass is 1070 g/mol. The first-order valence-corrected chi connectivity index (χ1v) is 27.0. The van der Waals surface area contributed by atoms with Gasteiger partial charge in [0.15, 0.2) is 23.3 Å². The molecule has 0 radical (unpaired) electrons. The molecule has 380 valence electrons. The van der Waals surface area contributed by atoms with Gasteiger partial charge in [-0.3, -0.25) is 0 Å². The third-order valence-corrected chi connectivity index (χ3v) is 15.9. The van der Waals surface area contributed by atoms with E-state index in [0.717, 1.165) is 98.1 Å². The molecule has 2 aliphatic heterocycles. The van der Waals surface area contributed by atoms with Crippen molar-refractivity contribution in [2.75, 3.05) is 16.0 Å². The van der Waals surface area contributed by atoms with Gasteiger partial charge in [-0.2, -0.15) is 5.26 Å². The van der Waals surface area contributed by atoms with Crippen molar-refractivity contribution in [1.29, 1.82) is 5.26 Å². The third-order valence-electron chi connectivity index (χ3n) is 13.6. The van der Waals surface area contributed by atoms with Crippen molar-refractivity contribution in [3.8, 4) is 61.4 Å². The molecule has 0 atom stereocenters. The smallest absolute Gasteiger partial charge is 0.346 e. The minimum atomic E-state index is -1.25. The van der Waals surface area contributed by atoms with Gasteiger partial charge in [0.05, 0.1) is 0 Å². The lowest BCUT2D eigenvalue weighted by Crippen LogP contribution is -1.96. The SMILES string of the molecule is N#C/C(=C\c1ccc(-c2ccc(/C=C/c3ccc4c5nc6nc(nc7[nH]c(nc8nc(nc([nH]5)c4c3)-c3ccc(Nc4ccccc4)cc3-8)c3ccc(Nc4ccccc4)cc73)-c3ccc(Nc4ccccc4)cc3-6)s2)s1)C(=O)O. The molecule has 8 bridgehead atoms. The first-order chi connectivity index (χ1) is 39.3. The Morgan fingerprint density at radius 3 is 1.39 bits per heavy atom. The van der Waals surface area contributed by atoms with Crippen molar-refractivity contribution in [2.24, 2.45) is 0 Å². The molecule has 7 heterocycles. The van der Waals surface area contributed by atoms with Crippen molar-refractivity contribution < 1.29 is 9.90 Å². The predicted molar refractivity (Wildman–Crippen MR) is 323 cm³/mol. The molecule has 5 aromatic heterocycles. The maximum Gasteiger partial charge on any atom is 0.346 e. The average molecular weight is 1070 g/mol. The number of carbonyl (C=O) groups is 1. The van der Waals surface area contributed by atoms with Crippen molar-refractivity contribution >= 4 is 125 Å². The van der Waals surface area contributed by atoms with Crippen molar-refractivity contribution in [1.82, 2.24) is 39.9 Å². The number of H-pyrrole nitrogens is 2. The van der Waals surface area contributed by atoms with Gasteiger partial charge >= 0.3 is 5.97 Å². The van der Waals surface area contributed by atoms with Crippen LogP contribution in [0, 0.1) is 11.3 Å². The second kappa shape index (κ2) is 19.9. The molecule has 16 heteroatoms. The minimum Gasteiger partial charge on any atom is -0.477 e. The summed E-state index contributed by atoms with van der Waals surface area (Å²) in [5.74, 6) is 0.656. The van der Waals surface area contributed by atoms with E-state index < -0.39 is 5.97 Å². The number of benzene rings is 7. The zero-order chi connectivity index (χ0) is 53.7. The summed E-state index contributed by atoms with van der Waals surface area (Å²) in [7, 11) is 0. The van der Waals surface area contributed by atoms with E-state index in [2.05, 4.69) is 80.5 Å². The Bertz CT molecular complexity index is 4700. The van der Waals surface area contributed by atoms with Crippen molar-refractivity contribution in [3.63, 3.8) is 0 Å². The summed E-state index contributed by atoms with van der Waals surface area (Å²) in [6.07, 6.45) is 5.54. The number of hydrogen-bond acceptors (Lipinski definition) is 13. The normalized spacial score (nSPS) is 11.9. The van der Waals surface area contributed by atoms with Crippen molar-refractivity contribution in [2.45, 2.75) is 0 Å². The van der Waals surface area contributed by atoms with Crippen LogP contribution < -0.4 is 16.0 Å². The number of anilines is 6. The average Bonchev–Trinajstić information content (AvgIpc) is 4.39. The lowest BCUT2D eigenvalue weighted by molar-refractivity contribution is -0.132. The number of nitriles is 1. The number of aromatic nitrogens is 8. The summed E-state index contributed by atoms with van der Waals surface area (Å²) in [5.41, 5.74) is 11.5. The fraction of sp³-hybridized carbons (Fsp3) is 0. The Kier molecular flexibility index (Phi) is 11.9. The van der Waals surface area contributed by atoms with Crippen LogP contribution in [0.3, 0.4) is 0 Å². The van der Waals surface area contributed by atoms with E-state index in [1.54, 1.807) is 17.4 Å². The summed E-state index contributed by atoms with van der Waals surface area (Å²) in [6.45, 7) is 0. The minimum absolute atomic E-state index is 0.308. The van der Waals surface area contributed by atoms with Gasteiger partial charge < -0.3 is 31.0 Å². The molecule has 12 aromatic rings. The molecule has 80 heavy (non-hydrogen) atoms. The van der Waals surface area contributed by atoms with Crippen LogP contribution in [-0.4, -0.2) is 50.9 Å². The highest BCUT2D eigenvalue weighted by Gasteiger charge is 2.24. The third kappa shape index (κ3) is 9.26. The van der Waals surface area contributed by atoms with Gasteiger partial charge in [0.1, 0.15) is 34.2 Å². The largest absolute Gasteiger partial charge is 0.477 e. The quantitative estimate of drug-likeness (QED) is 0.0529. The molecule has 14 rings (SSSR count). The van der Waals surface area contributed by atoms with Gasteiger partial charge in [0, 0.05) is 97.4 Å². The summed E-state index contributed by atoms with van der Waals surface area (Å²) in [6, 6.07) is 64.4. The van der Waals surface area contributed by atoms with Crippen LogP contribution >= 0.6 is 22.7 Å². The van der Waals surface area contributed by atoms with Gasteiger partial charge in [0.2, 0.25) is 0 Å². The van der Waals surface area contributed by atoms with E-state index in [9.17, 15) is 15.2 Å². The molecule has 0 fully saturated rings. The van der Waals surface area contributed by atoms with E-state index in [-0.39, 0.29) is 5.57 Å². The van der Waals surface area contributed by atoms with E-state index in [1.807, 2.05) is 146 Å². The number of carboxylic acids is 1. The summed E-state index contributed by atoms with van der Waals surface area (Å²) in [4.78, 5) is 54.2. The second-order valence-electron chi connectivity index (χ2n) is 18.9. The topological polar surface area (TPSA) is 206 Å². The Morgan fingerprint density at radius 2 is 0.875 bits per heavy atom. The number of hydrogen-bond donors (Lipinski definition) is 6. The number of rotatable bonds is 11. The highest BCUT2D eigenvalue weighted by Crippen LogP contribution is 2.41. The maximum atomic E-state index is 11.5. The van der Waals surface area contributed by atoms with Gasteiger partial charge in [0.25, 0.3) is 0 Å². The van der Waals surface area contributed by atoms with Crippen LogP contribution in [0.5, 0.6) is 0 Å². The summed E-state index contributed by atoms with van der Waals surface area (Å²) < 4.78 is 0. The molecular weight excluding hydrogens is 1030 g/mol. The first kappa shape index (κ1) is 47.6. The number of aromatic amines is 2. The predicted octanol–water partition coefficient (Wildman–Crippen LogP) is 16.1. The zero-order valence-electron chi connectivity index (χ0n) is 41.9. The molecule has 2 aliphatic rings. The number of thiophene rings is 2. The van der Waals surface area contributed by atoms with Crippen molar-refractivity contribution in [3.05, 3.63) is 209 Å². The van der Waals surface area contributed by atoms with Crippen LogP contribution in [0.1, 0.15) is 15.3 Å². The van der Waals surface area contributed by atoms with E-state index in [4.69, 9.17) is 29.9 Å². The van der Waals surface area contributed by atoms with Crippen LogP contribution in [0.2, 0.25) is 0 Å². The fourth-order valence-corrected chi connectivity index (χ4v) is 11.8. The van der Waals surface area contributed by atoms with Gasteiger partial charge in [-0.25, -0.2) is 34.7 Å². The Morgan fingerprint density at radius 1 is 0.438 bits per heavy atom. The number of carboxylic acid groups (broad SMARTS) is 1. The molecule has 0 saturated heterocycles. The molecule has 0 unspecified atom stereocenters. The number of nitrogens with one attached hydrogen (secondary N) is 5. The van der Waals surface area contributed by atoms with Gasteiger partial charge in [-0.15, -0.1) is 22.7 Å². The van der Waals surface area contributed by atoms with E-state index >= 15 is 0 Å². The molecular formula is C64H40N12O2S2. The highest BCUT2D eigenvalue weighted by atomic mass is 32.1. The zero-order valence-corrected chi connectivity index (χ0v) is 43.6. The lowest BCUT2D eigenvalue weighted by Gasteiger charge is -2.08. The van der Waals surface area contributed by atoms with Crippen LogP contribution in [-0.2, 0) is 4.79 Å². The van der Waals surface area contributed by atoms with Gasteiger partial charge in [-0.1, -0.05) is 66.7 Å². The molecule has 7 aromatic carbocycles. The number of para-hydroxylation sites is 3. The number of nitrogens with zero attached hydrogens (tertiary/aromatic N) is 7. The maximum absolute atomic E-state index is 11.5. The Labute approximate surface area is 463 Å². The molecule has 0 amide bonds. The van der Waals surface area contributed by atoms with E-state index in [1.165, 1.54) is 17.4 Å². The van der Waals surface area contributed by atoms with E-state index in [0.29, 0.717) is 50.8 Å². The molecule has 0 aliphatic carbocycles. The summed E-state index contributed by atoms with van der Waals surface area (Å²) in [5, 5.41) is 32.6. The Hall–Kier alpha value is -10.9. The standard InChI is InChI=1S/C64H40N12O2S2/c65-35-37(64(77)78)31-45-23-29-55(80-45)54-28-22-44(79-54)21-16-36-17-24-46-50(30-36)60-69-56(46)71-61-52-33-42(67-39-12-6-2-7-13-39)19-26-48(52)58(73-61)75-63-53-34-43(68-40-14-8-3-9-15-40)20-27-49(53)59(76-63)74-62-51-32-41(66-38-10-4-1-5-11-38)18-25-47(51)57(70-60)72-62/h1-34,66-68H,(H,77,78)(H2,69,70,71,72,73,74,75,76)/b21-16+,37-31+. The highest BCUT2D eigenvalue weighted by molar-refractivity contribution is 7.23. The van der Waals surface area contributed by atoms with Crippen LogP contribution in [0.25, 0.3) is 118 Å². The molecule has 0 spiro atoms. The van der Waals surface area contributed by atoms with Gasteiger partial charge in [-0.05, 0) is 145 Å².